The van der Waals surface area contributed by atoms with Crippen molar-refractivity contribution in [3.8, 4) is 11.3 Å². The van der Waals surface area contributed by atoms with Gasteiger partial charge >= 0.3 is 0 Å². The number of piperazine rings is 1. The van der Waals surface area contributed by atoms with Crippen LogP contribution >= 0.6 is 19.5 Å². The molecule has 0 N–H and O–H groups in total. The van der Waals surface area contributed by atoms with Gasteiger partial charge in [-0.15, -0.1) is 0 Å². The number of aromatic nitrogens is 4. The Hall–Kier alpha value is -2.69. The normalized spacial score (nSPS) is 14.5. The van der Waals surface area contributed by atoms with E-state index in [1.54, 1.807) is 0 Å². The molecule has 0 spiro atoms. The van der Waals surface area contributed by atoms with E-state index in [-0.39, 0.29) is 7.92 Å². The first-order valence-corrected chi connectivity index (χ1v) is 13.4. The van der Waals surface area contributed by atoms with Gasteiger partial charge in [0.15, 0.2) is 0 Å². The minimum Gasteiger partial charge on any atom is -0.368 e. The minimum absolute atomic E-state index is 0.167. The first-order valence-electron chi connectivity index (χ1n) is 10.7. The van der Waals surface area contributed by atoms with Gasteiger partial charge in [-0.2, -0.15) is 0 Å². The number of hydrogen-bond acceptors (Lipinski definition) is 5. The van der Waals surface area contributed by atoms with E-state index in [0.717, 1.165) is 59.7 Å². The van der Waals surface area contributed by atoms with E-state index in [4.69, 9.17) is 16.6 Å². The number of benzene rings is 1. The molecule has 3 aromatic heterocycles. The SMILES string of the molecule is Cc1c(-c2cc(N3CCN(c4ncc(P(C)C)cn4)CC3)ccc2Cl)nc2ccccn12. The van der Waals surface area contributed by atoms with E-state index in [1.165, 1.54) is 11.0 Å². The largest absolute Gasteiger partial charge is 0.368 e. The lowest BCUT2D eigenvalue weighted by atomic mass is 10.1. The maximum absolute atomic E-state index is 6.62. The minimum atomic E-state index is -0.167. The van der Waals surface area contributed by atoms with Crippen LogP contribution < -0.4 is 15.1 Å². The number of imidazole rings is 1. The molecule has 4 aromatic rings. The van der Waals surface area contributed by atoms with Gasteiger partial charge < -0.3 is 14.2 Å². The summed E-state index contributed by atoms with van der Waals surface area (Å²) < 4.78 is 2.10. The van der Waals surface area contributed by atoms with Crippen molar-refractivity contribution in [2.75, 3.05) is 49.3 Å². The summed E-state index contributed by atoms with van der Waals surface area (Å²) in [4.78, 5) is 18.7. The molecule has 0 amide bonds. The maximum Gasteiger partial charge on any atom is 0.225 e. The lowest BCUT2D eigenvalue weighted by Gasteiger charge is -2.36. The van der Waals surface area contributed by atoms with E-state index in [9.17, 15) is 0 Å². The first kappa shape index (κ1) is 21.2. The standard InChI is InChI=1S/C24H26ClN6P/c1-17-23(28-22-6-4-5-9-31(17)22)20-14-18(7-8-21(20)25)29-10-12-30(13-11-29)24-26-15-19(16-27-24)32(2)3/h4-9,14-16H,10-13H2,1-3H3. The Balaban J connectivity index is 1.36. The Morgan fingerprint density at radius 1 is 0.938 bits per heavy atom. The molecule has 0 radical (unpaired) electrons. The van der Waals surface area contributed by atoms with Crippen LogP contribution in [-0.4, -0.2) is 58.9 Å². The summed E-state index contributed by atoms with van der Waals surface area (Å²) in [6.07, 6.45) is 5.99. The second-order valence-electron chi connectivity index (χ2n) is 8.25. The second kappa shape index (κ2) is 8.68. The molecule has 32 heavy (non-hydrogen) atoms. The number of halogens is 1. The predicted molar refractivity (Wildman–Crippen MR) is 135 cm³/mol. The molecule has 5 rings (SSSR count). The van der Waals surface area contributed by atoms with Gasteiger partial charge in [0.1, 0.15) is 5.65 Å². The molecular formula is C24H26ClN6P. The van der Waals surface area contributed by atoms with Gasteiger partial charge in [-0.05, 0) is 50.6 Å². The van der Waals surface area contributed by atoms with Gasteiger partial charge in [0.25, 0.3) is 0 Å². The van der Waals surface area contributed by atoms with E-state index in [1.807, 2.05) is 42.9 Å². The molecule has 0 bridgehead atoms. The Labute approximate surface area is 194 Å². The van der Waals surface area contributed by atoms with Crippen LogP contribution in [-0.2, 0) is 0 Å². The van der Waals surface area contributed by atoms with Crippen molar-refractivity contribution in [1.29, 1.82) is 0 Å². The number of anilines is 2. The highest BCUT2D eigenvalue weighted by atomic mass is 35.5. The number of aryl methyl sites for hydroxylation is 1. The second-order valence-corrected chi connectivity index (χ2v) is 11.0. The number of pyridine rings is 1. The summed E-state index contributed by atoms with van der Waals surface area (Å²) in [7, 11) is -0.167. The highest BCUT2D eigenvalue weighted by molar-refractivity contribution is 7.64. The third-order valence-corrected chi connectivity index (χ3v) is 7.64. The van der Waals surface area contributed by atoms with Gasteiger partial charge in [-0.25, -0.2) is 15.0 Å². The summed E-state index contributed by atoms with van der Waals surface area (Å²) in [5.41, 5.74) is 5.09. The molecule has 0 aliphatic carbocycles. The van der Waals surface area contributed by atoms with Crippen LogP contribution in [0.1, 0.15) is 5.69 Å². The van der Waals surface area contributed by atoms with Crippen LogP contribution in [0.15, 0.2) is 55.0 Å². The van der Waals surface area contributed by atoms with Crippen molar-refractivity contribution < 1.29 is 0 Å². The van der Waals surface area contributed by atoms with Gasteiger partial charge in [-0.3, -0.25) is 0 Å². The van der Waals surface area contributed by atoms with Crippen molar-refractivity contribution in [3.63, 3.8) is 0 Å². The molecule has 0 saturated carbocycles. The lowest BCUT2D eigenvalue weighted by molar-refractivity contribution is 0.640. The molecular weight excluding hydrogens is 439 g/mol. The zero-order valence-corrected chi connectivity index (χ0v) is 20.2. The van der Waals surface area contributed by atoms with Crippen molar-refractivity contribution in [2.24, 2.45) is 0 Å². The molecule has 1 fully saturated rings. The predicted octanol–water partition coefficient (Wildman–Crippen LogP) is 4.45. The lowest BCUT2D eigenvalue weighted by Crippen LogP contribution is -2.47. The molecule has 0 unspecified atom stereocenters. The van der Waals surface area contributed by atoms with E-state index < -0.39 is 0 Å². The van der Waals surface area contributed by atoms with Crippen LogP contribution in [0, 0.1) is 6.92 Å². The molecule has 1 aromatic carbocycles. The van der Waals surface area contributed by atoms with E-state index >= 15 is 0 Å². The summed E-state index contributed by atoms with van der Waals surface area (Å²) in [5.74, 6) is 0.822. The number of hydrogen-bond donors (Lipinski definition) is 0. The fourth-order valence-electron chi connectivity index (χ4n) is 4.14. The highest BCUT2D eigenvalue weighted by Crippen LogP contribution is 2.34. The Kier molecular flexibility index (Phi) is 5.75. The van der Waals surface area contributed by atoms with Gasteiger partial charge in [0.05, 0.1) is 10.7 Å². The average Bonchev–Trinajstić information content (AvgIpc) is 3.16. The summed E-state index contributed by atoms with van der Waals surface area (Å²) in [5, 5.41) is 1.96. The highest BCUT2D eigenvalue weighted by Gasteiger charge is 2.21. The van der Waals surface area contributed by atoms with Crippen LogP contribution in [0.25, 0.3) is 16.9 Å². The van der Waals surface area contributed by atoms with Crippen molar-refractivity contribution in [1.82, 2.24) is 19.4 Å². The summed E-state index contributed by atoms with van der Waals surface area (Å²) >= 11 is 6.62. The molecule has 1 saturated heterocycles. The quantitative estimate of drug-likeness (QED) is 0.418. The molecule has 6 nitrogen and oxygen atoms in total. The van der Waals surface area contributed by atoms with Crippen LogP contribution in [0.4, 0.5) is 11.6 Å². The van der Waals surface area contributed by atoms with E-state index in [2.05, 4.69) is 56.6 Å². The Bertz CT molecular complexity index is 1250. The fourth-order valence-corrected chi connectivity index (χ4v) is 4.92. The zero-order chi connectivity index (χ0) is 22.2. The number of nitrogens with zero attached hydrogens (tertiary/aromatic N) is 6. The Morgan fingerprint density at radius 3 is 2.34 bits per heavy atom. The number of rotatable bonds is 4. The molecule has 0 atom stereocenters. The third-order valence-electron chi connectivity index (χ3n) is 6.04. The first-order chi connectivity index (χ1) is 15.5. The third kappa shape index (κ3) is 3.94. The number of fused-ring (bicyclic) bond motifs is 1. The molecule has 164 valence electrons. The van der Waals surface area contributed by atoms with Gasteiger partial charge in [0, 0.05) is 67.0 Å². The zero-order valence-electron chi connectivity index (χ0n) is 18.5. The topological polar surface area (TPSA) is 49.6 Å². The van der Waals surface area contributed by atoms with Gasteiger partial charge in [0.2, 0.25) is 5.95 Å². The fraction of sp³-hybridized carbons (Fsp3) is 0.292. The monoisotopic (exact) mass is 464 g/mol. The van der Waals surface area contributed by atoms with Gasteiger partial charge in [-0.1, -0.05) is 25.6 Å². The van der Waals surface area contributed by atoms with Crippen LogP contribution in [0.5, 0.6) is 0 Å². The molecule has 8 heteroatoms. The van der Waals surface area contributed by atoms with Crippen molar-refractivity contribution >= 4 is 42.1 Å². The smallest absolute Gasteiger partial charge is 0.225 e. The van der Waals surface area contributed by atoms with E-state index in [0.29, 0.717) is 0 Å². The molecule has 1 aliphatic heterocycles. The summed E-state index contributed by atoms with van der Waals surface area (Å²) in [6, 6.07) is 12.3. The Morgan fingerprint density at radius 2 is 1.66 bits per heavy atom. The van der Waals surface area contributed by atoms with Crippen LogP contribution in [0.2, 0.25) is 5.02 Å². The van der Waals surface area contributed by atoms with Crippen molar-refractivity contribution in [3.05, 3.63) is 65.7 Å². The van der Waals surface area contributed by atoms with Crippen LogP contribution in [0.3, 0.4) is 0 Å². The molecule has 4 heterocycles. The molecule has 1 aliphatic rings. The maximum atomic E-state index is 6.62. The van der Waals surface area contributed by atoms with Crippen molar-refractivity contribution in [2.45, 2.75) is 6.92 Å². The summed E-state index contributed by atoms with van der Waals surface area (Å²) in [6.45, 7) is 10.1. The average molecular weight is 465 g/mol.